The second-order valence-corrected chi connectivity index (χ2v) is 5.04. The Morgan fingerprint density at radius 1 is 0.909 bits per heavy atom. The summed E-state index contributed by atoms with van der Waals surface area (Å²) in [5.41, 5.74) is 1.47. The monoisotopic (exact) mass is 289 g/mol. The van der Waals surface area contributed by atoms with Crippen LogP contribution in [0.15, 0.2) is 54.6 Å². The van der Waals surface area contributed by atoms with E-state index in [2.05, 4.69) is 6.07 Å². The lowest BCUT2D eigenvalue weighted by molar-refractivity contribution is 0.415. The number of nitriles is 1. The fourth-order valence-corrected chi connectivity index (χ4v) is 2.39. The molecule has 0 unspecified atom stereocenters. The summed E-state index contributed by atoms with van der Waals surface area (Å²) in [5, 5.41) is 11.4. The van der Waals surface area contributed by atoms with E-state index >= 15 is 0 Å². The molecule has 0 saturated heterocycles. The standard InChI is InChI=1S/C19H15NO2/c1-13-4-3-5-19(18(13)12-20)22-17-9-7-14-10-16(21-2)8-6-15(14)11-17/h3-11H,1-2H3. The van der Waals surface area contributed by atoms with Crippen LogP contribution in [0, 0.1) is 18.3 Å². The van der Waals surface area contributed by atoms with Crippen molar-refractivity contribution >= 4 is 10.8 Å². The first-order valence-corrected chi connectivity index (χ1v) is 6.96. The second kappa shape index (κ2) is 5.79. The minimum Gasteiger partial charge on any atom is -0.497 e. The molecule has 3 aromatic rings. The van der Waals surface area contributed by atoms with Gasteiger partial charge in [-0.15, -0.1) is 0 Å². The zero-order valence-electron chi connectivity index (χ0n) is 12.5. The van der Waals surface area contributed by atoms with Crippen LogP contribution in [0.4, 0.5) is 0 Å². The van der Waals surface area contributed by atoms with Crippen LogP contribution >= 0.6 is 0 Å². The normalized spacial score (nSPS) is 10.2. The van der Waals surface area contributed by atoms with Gasteiger partial charge in [0.2, 0.25) is 0 Å². The molecule has 0 aliphatic heterocycles. The summed E-state index contributed by atoms with van der Waals surface area (Å²) in [6, 6.07) is 19.5. The van der Waals surface area contributed by atoms with Gasteiger partial charge in [-0.2, -0.15) is 5.26 Å². The molecule has 3 nitrogen and oxygen atoms in total. The highest BCUT2D eigenvalue weighted by Crippen LogP contribution is 2.30. The Labute approximate surface area is 129 Å². The number of aryl methyl sites for hydroxylation is 1. The number of hydrogen-bond acceptors (Lipinski definition) is 3. The van der Waals surface area contributed by atoms with E-state index in [4.69, 9.17) is 9.47 Å². The fourth-order valence-electron chi connectivity index (χ4n) is 2.39. The number of ether oxygens (including phenoxy) is 2. The van der Waals surface area contributed by atoms with Crippen molar-refractivity contribution < 1.29 is 9.47 Å². The van der Waals surface area contributed by atoms with Gasteiger partial charge in [0.05, 0.1) is 12.7 Å². The molecular formula is C19H15NO2. The molecule has 0 atom stereocenters. The van der Waals surface area contributed by atoms with Crippen LogP contribution < -0.4 is 9.47 Å². The summed E-state index contributed by atoms with van der Waals surface area (Å²) in [7, 11) is 1.65. The molecule has 3 heteroatoms. The van der Waals surface area contributed by atoms with Gasteiger partial charge >= 0.3 is 0 Å². The minimum atomic E-state index is 0.567. The lowest BCUT2D eigenvalue weighted by Gasteiger charge is -2.10. The highest BCUT2D eigenvalue weighted by Gasteiger charge is 2.07. The molecule has 0 saturated carbocycles. The van der Waals surface area contributed by atoms with E-state index in [0.717, 1.165) is 22.1 Å². The van der Waals surface area contributed by atoms with E-state index in [1.54, 1.807) is 7.11 Å². The first kappa shape index (κ1) is 14.0. The van der Waals surface area contributed by atoms with Crippen molar-refractivity contribution in [1.82, 2.24) is 0 Å². The van der Waals surface area contributed by atoms with Crippen molar-refractivity contribution in [1.29, 1.82) is 5.26 Å². The quantitative estimate of drug-likeness (QED) is 0.694. The van der Waals surface area contributed by atoms with Gasteiger partial charge in [0.15, 0.2) is 0 Å². The van der Waals surface area contributed by atoms with Crippen molar-refractivity contribution in [3.8, 4) is 23.3 Å². The van der Waals surface area contributed by atoms with Gasteiger partial charge in [0.25, 0.3) is 0 Å². The number of fused-ring (bicyclic) bond motifs is 1. The van der Waals surface area contributed by atoms with Crippen LogP contribution in [-0.2, 0) is 0 Å². The first-order chi connectivity index (χ1) is 10.7. The molecule has 0 fully saturated rings. The third-order valence-electron chi connectivity index (χ3n) is 3.59. The Balaban J connectivity index is 1.98. The maximum absolute atomic E-state index is 9.26. The third-order valence-corrected chi connectivity index (χ3v) is 3.59. The molecule has 3 rings (SSSR count). The van der Waals surface area contributed by atoms with Gasteiger partial charge in [-0.1, -0.05) is 24.3 Å². The number of nitrogens with zero attached hydrogens (tertiary/aromatic N) is 1. The predicted molar refractivity (Wildman–Crippen MR) is 86.5 cm³/mol. The molecule has 0 amide bonds. The van der Waals surface area contributed by atoms with Crippen LogP contribution in [0.1, 0.15) is 11.1 Å². The zero-order chi connectivity index (χ0) is 15.5. The average molecular weight is 289 g/mol. The highest BCUT2D eigenvalue weighted by atomic mass is 16.5. The third kappa shape index (κ3) is 2.59. The summed E-state index contributed by atoms with van der Waals surface area (Å²) >= 11 is 0. The summed E-state index contributed by atoms with van der Waals surface area (Å²) in [5.74, 6) is 2.11. The van der Waals surface area contributed by atoms with Crippen molar-refractivity contribution in [2.45, 2.75) is 6.92 Å². The van der Waals surface area contributed by atoms with Gasteiger partial charge < -0.3 is 9.47 Å². The summed E-state index contributed by atoms with van der Waals surface area (Å²) < 4.78 is 11.1. The van der Waals surface area contributed by atoms with E-state index in [1.165, 1.54) is 0 Å². The lowest BCUT2D eigenvalue weighted by Crippen LogP contribution is -1.91. The Morgan fingerprint density at radius 2 is 1.59 bits per heavy atom. The number of methoxy groups -OCH3 is 1. The first-order valence-electron chi connectivity index (χ1n) is 6.96. The SMILES string of the molecule is COc1ccc2cc(Oc3cccc(C)c3C#N)ccc2c1. The van der Waals surface area contributed by atoms with Crippen molar-refractivity contribution in [2.75, 3.05) is 7.11 Å². The Kier molecular flexibility index (Phi) is 3.67. The summed E-state index contributed by atoms with van der Waals surface area (Å²) in [4.78, 5) is 0. The van der Waals surface area contributed by atoms with Crippen molar-refractivity contribution in [2.24, 2.45) is 0 Å². The van der Waals surface area contributed by atoms with Gasteiger partial charge in [-0.05, 0) is 53.6 Å². The van der Waals surface area contributed by atoms with Crippen molar-refractivity contribution in [3.05, 3.63) is 65.7 Å². The number of hydrogen-bond donors (Lipinski definition) is 0. The molecule has 0 aliphatic rings. The molecule has 0 heterocycles. The average Bonchev–Trinajstić information content (AvgIpc) is 2.54. The van der Waals surface area contributed by atoms with E-state index < -0.39 is 0 Å². The molecule has 0 aromatic heterocycles. The molecule has 0 spiro atoms. The Hall–Kier alpha value is -2.99. The van der Waals surface area contributed by atoms with Gasteiger partial charge in [0.1, 0.15) is 23.3 Å². The van der Waals surface area contributed by atoms with Crippen LogP contribution in [0.3, 0.4) is 0 Å². The van der Waals surface area contributed by atoms with E-state index in [1.807, 2.05) is 61.5 Å². The van der Waals surface area contributed by atoms with Gasteiger partial charge in [-0.3, -0.25) is 0 Å². The molecule has 22 heavy (non-hydrogen) atoms. The van der Waals surface area contributed by atoms with Crippen LogP contribution in [0.5, 0.6) is 17.2 Å². The molecule has 0 bridgehead atoms. The molecule has 3 aromatic carbocycles. The Morgan fingerprint density at radius 3 is 2.27 bits per heavy atom. The maximum Gasteiger partial charge on any atom is 0.145 e. The topological polar surface area (TPSA) is 42.2 Å². The maximum atomic E-state index is 9.26. The van der Waals surface area contributed by atoms with Crippen molar-refractivity contribution in [3.63, 3.8) is 0 Å². The number of rotatable bonds is 3. The van der Waals surface area contributed by atoms with Gasteiger partial charge in [-0.25, -0.2) is 0 Å². The van der Waals surface area contributed by atoms with Crippen LogP contribution in [-0.4, -0.2) is 7.11 Å². The number of benzene rings is 3. The predicted octanol–water partition coefficient (Wildman–Crippen LogP) is 4.82. The second-order valence-electron chi connectivity index (χ2n) is 5.04. The Bertz CT molecular complexity index is 878. The van der Waals surface area contributed by atoms with E-state index in [9.17, 15) is 5.26 Å². The van der Waals surface area contributed by atoms with E-state index in [-0.39, 0.29) is 0 Å². The molecule has 0 N–H and O–H groups in total. The largest absolute Gasteiger partial charge is 0.497 e. The van der Waals surface area contributed by atoms with E-state index in [0.29, 0.717) is 17.1 Å². The van der Waals surface area contributed by atoms with Gasteiger partial charge in [0, 0.05) is 0 Å². The zero-order valence-corrected chi connectivity index (χ0v) is 12.5. The lowest BCUT2D eigenvalue weighted by atomic mass is 10.1. The highest BCUT2D eigenvalue weighted by molar-refractivity contribution is 5.85. The molecular weight excluding hydrogens is 274 g/mol. The fraction of sp³-hybridized carbons (Fsp3) is 0.105. The summed E-state index contributed by atoms with van der Waals surface area (Å²) in [6.07, 6.45) is 0. The van der Waals surface area contributed by atoms with Crippen LogP contribution in [0.25, 0.3) is 10.8 Å². The molecule has 108 valence electrons. The summed E-state index contributed by atoms with van der Waals surface area (Å²) in [6.45, 7) is 1.90. The smallest absolute Gasteiger partial charge is 0.145 e. The minimum absolute atomic E-state index is 0.567. The molecule has 0 aliphatic carbocycles. The molecule has 0 radical (unpaired) electrons. The van der Waals surface area contributed by atoms with Crippen LogP contribution in [0.2, 0.25) is 0 Å².